The molecule has 1 aliphatic rings. The third-order valence-electron chi connectivity index (χ3n) is 7.10. The van der Waals surface area contributed by atoms with Crippen LogP contribution in [-0.2, 0) is 6.42 Å². The fraction of sp³-hybridized carbons (Fsp3) is 0.333. The van der Waals surface area contributed by atoms with Crippen molar-refractivity contribution in [1.82, 2.24) is 19.7 Å². The van der Waals surface area contributed by atoms with Gasteiger partial charge in [0.15, 0.2) is 0 Å². The van der Waals surface area contributed by atoms with Crippen molar-refractivity contribution in [2.75, 3.05) is 25.5 Å². The van der Waals surface area contributed by atoms with Gasteiger partial charge in [-0.3, -0.25) is 4.68 Å². The molecule has 180 valence electrons. The maximum atomic E-state index is 4.63. The third-order valence-corrected chi connectivity index (χ3v) is 7.10. The quantitative estimate of drug-likeness (QED) is 0.332. The minimum atomic E-state index is 0.345. The largest absolute Gasteiger partial charge is 0.340 e. The number of rotatable bonds is 7. The number of nitrogens with one attached hydrogen (secondary N) is 1. The Hall–Kier alpha value is -3.44. The maximum Gasteiger partial charge on any atom is 0.130 e. The topological polar surface area (TPSA) is 46.0 Å². The van der Waals surface area contributed by atoms with Gasteiger partial charge in [0.2, 0.25) is 0 Å². The molecule has 1 aliphatic heterocycles. The number of hydrogen-bond donors (Lipinski definition) is 1. The zero-order valence-electron chi connectivity index (χ0n) is 21.0. The van der Waals surface area contributed by atoms with E-state index in [2.05, 4.69) is 103 Å². The summed E-state index contributed by atoms with van der Waals surface area (Å²) in [5.74, 6) is 1.57. The van der Waals surface area contributed by atoms with Crippen LogP contribution < -0.4 is 5.32 Å². The summed E-state index contributed by atoms with van der Waals surface area (Å²) < 4.78 is 1.99. The third kappa shape index (κ3) is 5.46. The molecule has 4 aromatic rings. The van der Waals surface area contributed by atoms with Crippen molar-refractivity contribution in [2.24, 2.45) is 5.92 Å². The highest BCUT2D eigenvalue weighted by Gasteiger charge is 2.17. The van der Waals surface area contributed by atoms with Crippen LogP contribution in [0, 0.1) is 5.92 Å². The van der Waals surface area contributed by atoms with E-state index in [0.717, 1.165) is 51.3 Å². The molecule has 2 aromatic heterocycles. The number of hydrogen-bond acceptors (Lipinski definition) is 4. The van der Waals surface area contributed by atoms with Gasteiger partial charge in [-0.25, -0.2) is 4.98 Å². The second-order valence-corrected chi connectivity index (χ2v) is 10.2. The second kappa shape index (κ2) is 10.0. The Bertz CT molecular complexity index is 1330. The van der Waals surface area contributed by atoms with E-state index in [1.807, 2.05) is 17.1 Å². The predicted octanol–water partition coefficient (Wildman–Crippen LogP) is 6.65. The first-order valence-corrected chi connectivity index (χ1v) is 12.6. The first-order valence-electron chi connectivity index (χ1n) is 12.6. The Labute approximate surface area is 208 Å². The lowest BCUT2D eigenvalue weighted by Crippen LogP contribution is -2.30. The second-order valence-electron chi connectivity index (χ2n) is 10.2. The van der Waals surface area contributed by atoms with Gasteiger partial charge in [0.25, 0.3) is 0 Å². The molecule has 0 aliphatic carbocycles. The summed E-state index contributed by atoms with van der Waals surface area (Å²) in [6.07, 6.45) is 9.65. The summed E-state index contributed by atoms with van der Waals surface area (Å²) in [4.78, 5) is 7.06. The SMILES string of the molecule is C=C(Nc1cc2cc(-c3cnn(C(C)C)c3)ccc2cn1)c1cccc(CC2CCN(C)CC2)c1. The van der Waals surface area contributed by atoms with Crippen LogP contribution in [0.25, 0.3) is 27.6 Å². The fourth-order valence-corrected chi connectivity index (χ4v) is 4.87. The number of aromatic nitrogens is 3. The van der Waals surface area contributed by atoms with Gasteiger partial charge >= 0.3 is 0 Å². The molecule has 5 nitrogen and oxygen atoms in total. The lowest BCUT2D eigenvalue weighted by atomic mass is 9.90. The summed E-state index contributed by atoms with van der Waals surface area (Å²) in [5.41, 5.74) is 5.65. The van der Waals surface area contributed by atoms with E-state index in [0.29, 0.717) is 6.04 Å². The van der Waals surface area contributed by atoms with Gasteiger partial charge in [-0.2, -0.15) is 5.10 Å². The molecule has 1 saturated heterocycles. The van der Waals surface area contributed by atoms with E-state index < -0.39 is 0 Å². The summed E-state index contributed by atoms with van der Waals surface area (Å²) in [6, 6.07) is 17.7. The highest BCUT2D eigenvalue weighted by molar-refractivity contribution is 5.89. The molecule has 5 rings (SSSR count). The standard InChI is InChI=1S/C30H35N5/c1-21(2)35-20-29(19-32-35)26-8-9-27-18-31-30(17-28(27)16-26)33-22(3)25-7-5-6-24(15-25)14-23-10-12-34(4)13-11-23/h5-9,15-21,23H,3,10-14H2,1-2,4H3,(H,31,33). The Balaban J connectivity index is 1.31. The molecule has 5 heteroatoms. The van der Waals surface area contributed by atoms with Crippen LogP contribution in [-0.4, -0.2) is 39.8 Å². The van der Waals surface area contributed by atoms with Gasteiger partial charge in [0.05, 0.1) is 6.20 Å². The van der Waals surface area contributed by atoms with Crippen LogP contribution in [0.15, 0.2) is 73.7 Å². The van der Waals surface area contributed by atoms with E-state index in [1.54, 1.807) is 0 Å². The number of pyridine rings is 1. The predicted molar refractivity (Wildman–Crippen MR) is 146 cm³/mol. The highest BCUT2D eigenvalue weighted by Crippen LogP contribution is 2.27. The Morgan fingerprint density at radius 3 is 2.63 bits per heavy atom. The molecule has 0 amide bonds. The number of fused-ring (bicyclic) bond motifs is 1. The zero-order chi connectivity index (χ0) is 24.4. The maximum absolute atomic E-state index is 4.63. The monoisotopic (exact) mass is 465 g/mol. The lowest BCUT2D eigenvalue weighted by molar-refractivity contribution is 0.219. The molecule has 0 saturated carbocycles. The zero-order valence-corrected chi connectivity index (χ0v) is 21.0. The highest BCUT2D eigenvalue weighted by atomic mass is 15.3. The van der Waals surface area contributed by atoms with E-state index in [1.165, 1.54) is 31.5 Å². The van der Waals surface area contributed by atoms with Crippen LogP contribution in [0.5, 0.6) is 0 Å². The van der Waals surface area contributed by atoms with Gasteiger partial charge in [-0.1, -0.05) is 36.9 Å². The van der Waals surface area contributed by atoms with Gasteiger partial charge < -0.3 is 10.2 Å². The molecule has 0 radical (unpaired) electrons. The van der Waals surface area contributed by atoms with Crippen LogP contribution in [0.3, 0.4) is 0 Å². The summed E-state index contributed by atoms with van der Waals surface area (Å²) in [7, 11) is 2.22. The van der Waals surface area contributed by atoms with E-state index in [-0.39, 0.29) is 0 Å². The lowest BCUT2D eigenvalue weighted by Gasteiger charge is -2.29. The van der Waals surface area contributed by atoms with Gasteiger partial charge in [0, 0.05) is 35.1 Å². The normalized spacial score (nSPS) is 15.1. The first kappa shape index (κ1) is 23.3. The number of piperidine rings is 1. The van der Waals surface area contributed by atoms with Crippen LogP contribution in [0.2, 0.25) is 0 Å². The molecule has 2 aromatic carbocycles. The molecule has 0 bridgehead atoms. The molecule has 0 spiro atoms. The Morgan fingerprint density at radius 2 is 1.86 bits per heavy atom. The van der Waals surface area contributed by atoms with Crippen molar-refractivity contribution >= 4 is 22.3 Å². The smallest absolute Gasteiger partial charge is 0.130 e. The van der Waals surface area contributed by atoms with E-state index in [4.69, 9.17) is 0 Å². The van der Waals surface area contributed by atoms with Crippen molar-refractivity contribution in [3.8, 4) is 11.1 Å². The van der Waals surface area contributed by atoms with Crippen LogP contribution >= 0.6 is 0 Å². The van der Waals surface area contributed by atoms with Crippen molar-refractivity contribution < 1.29 is 0 Å². The number of anilines is 1. The summed E-state index contributed by atoms with van der Waals surface area (Å²) in [5, 5.41) is 10.2. The molecule has 35 heavy (non-hydrogen) atoms. The van der Waals surface area contributed by atoms with Gasteiger partial charge in [-0.05, 0) is 99.4 Å². The average molecular weight is 466 g/mol. The summed E-state index contributed by atoms with van der Waals surface area (Å²) >= 11 is 0. The molecule has 3 heterocycles. The number of benzene rings is 2. The first-order chi connectivity index (χ1) is 16.9. The van der Waals surface area contributed by atoms with E-state index >= 15 is 0 Å². The molecule has 0 atom stereocenters. The van der Waals surface area contributed by atoms with Crippen molar-refractivity contribution in [3.05, 3.63) is 84.8 Å². The fourth-order valence-electron chi connectivity index (χ4n) is 4.87. The molecule has 1 N–H and O–H groups in total. The van der Waals surface area contributed by atoms with Crippen molar-refractivity contribution in [2.45, 2.75) is 39.2 Å². The molecule has 0 unspecified atom stereocenters. The molecule has 1 fully saturated rings. The van der Waals surface area contributed by atoms with Gasteiger partial charge in [-0.15, -0.1) is 0 Å². The van der Waals surface area contributed by atoms with Crippen LogP contribution in [0.4, 0.5) is 5.82 Å². The molecular formula is C30H35N5. The number of likely N-dealkylation sites (tertiary alicyclic amines) is 1. The Kier molecular flexibility index (Phi) is 6.69. The molecular weight excluding hydrogens is 430 g/mol. The van der Waals surface area contributed by atoms with Crippen LogP contribution in [0.1, 0.15) is 43.9 Å². The number of nitrogens with zero attached hydrogens (tertiary/aromatic N) is 4. The van der Waals surface area contributed by atoms with Gasteiger partial charge in [0.1, 0.15) is 5.82 Å². The van der Waals surface area contributed by atoms with Crippen molar-refractivity contribution in [1.29, 1.82) is 0 Å². The minimum absolute atomic E-state index is 0.345. The minimum Gasteiger partial charge on any atom is -0.340 e. The van der Waals surface area contributed by atoms with Crippen molar-refractivity contribution in [3.63, 3.8) is 0 Å². The van der Waals surface area contributed by atoms with E-state index in [9.17, 15) is 0 Å². The Morgan fingerprint density at radius 1 is 1.03 bits per heavy atom. The summed E-state index contributed by atoms with van der Waals surface area (Å²) in [6.45, 7) is 11.0. The average Bonchev–Trinajstić information content (AvgIpc) is 3.36.